The number of carbonyl (C=O) groups excluding carboxylic acids is 2. The number of benzene rings is 2. The van der Waals surface area contributed by atoms with Crippen LogP contribution < -0.4 is 20.3 Å². The third-order valence-electron chi connectivity index (χ3n) is 5.27. The number of furan rings is 1. The smallest absolute Gasteiger partial charge is 0.287 e. The fraction of sp³-hybridized carbons (Fsp3) is 0.304. The van der Waals surface area contributed by atoms with Gasteiger partial charge in [0.05, 0.1) is 26.9 Å². The van der Waals surface area contributed by atoms with Crippen LogP contribution in [0.5, 0.6) is 5.75 Å². The van der Waals surface area contributed by atoms with Crippen molar-refractivity contribution in [2.24, 2.45) is 0 Å². The summed E-state index contributed by atoms with van der Waals surface area (Å²) in [6.07, 6.45) is 0. The number of morpholine rings is 1. The summed E-state index contributed by atoms with van der Waals surface area (Å²) in [5.74, 6) is -0.627. The van der Waals surface area contributed by atoms with Gasteiger partial charge in [-0.2, -0.15) is 0 Å². The van der Waals surface area contributed by atoms with E-state index in [2.05, 4.69) is 15.5 Å². The lowest BCUT2D eigenvalue weighted by Crippen LogP contribution is -2.46. The number of para-hydroxylation sites is 1. The van der Waals surface area contributed by atoms with E-state index in [4.69, 9.17) is 13.9 Å². The molecule has 0 radical (unpaired) electrons. The number of aliphatic hydroxyl groups is 1. The van der Waals surface area contributed by atoms with Gasteiger partial charge in [-0.3, -0.25) is 9.59 Å². The van der Waals surface area contributed by atoms with Crippen molar-refractivity contribution in [3.05, 3.63) is 54.3 Å². The number of hydrogen-bond donors (Lipinski definition) is 3. The molecule has 168 valence electrons. The van der Waals surface area contributed by atoms with Crippen molar-refractivity contribution in [1.82, 2.24) is 5.32 Å². The third-order valence-corrected chi connectivity index (χ3v) is 5.27. The molecule has 1 atom stereocenters. The van der Waals surface area contributed by atoms with Crippen LogP contribution >= 0.6 is 0 Å². The Hall–Kier alpha value is -3.56. The number of aliphatic hydroxyl groups excluding tert-OH is 1. The largest absolute Gasteiger partial charge is 0.493 e. The van der Waals surface area contributed by atoms with Crippen LogP contribution in [-0.4, -0.2) is 63.0 Å². The van der Waals surface area contributed by atoms with Crippen molar-refractivity contribution in [2.45, 2.75) is 6.04 Å². The molecule has 2 heterocycles. The van der Waals surface area contributed by atoms with Crippen LogP contribution in [0.2, 0.25) is 0 Å². The number of amides is 2. The van der Waals surface area contributed by atoms with Gasteiger partial charge in [0, 0.05) is 29.9 Å². The minimum atomic E-state index is -1.14. The SMILES string of the molecule is COc1cccc2cc(C(=O)N[C@@H](CO)C(=O)Nc3ccc(N4CCOCC4)cc3)oc12. The summed E-state index contributed by atoms with van der Waals surface area (Å²) >= 11 is 0. The summed E-state index contributed by atoms with van der Waals surface area (Å²) in [6.45, 7) is 2.45. The topological polar surface area (TPSA) is 113 Å². The second-order valence-electron chi connectivity index (χ2n) is 7.33. The molecule has 9 heteroatoms. The van der Waals surface area contributed by atoms with Crippen LogP contribution in [0.1, 0.15) is 10.6 Å². The Morgan fingerprint density at radius 3 is 2.59 bits per heavy atom. The number of carbonyl (C=O) groups is 2. The van der Waals surface area contributed by atoms with Gasteiger partial charge in [0.25, 0.3) is 5.91 Å². The number of hydrogen-bond acceptors (Lipinski definition) is 7. The van der Waals surface area contributed by atoms with Gasteiger partial charge < -0.3 is 34.5 Å². The molecule has 1 fully saturated rings. The van der Waals surface area contributed by atoms with E-state index >= 15 is 0 Å². The first-order valence-electron chi connectivity index (χ1n) is 10.3. The standard InChI is InChI=1S/C23H25N3O6/c1-30-19-4-2-3-15-13-20(32-21(15)19)23(29)25-18(14-27)22(28)24-16-5-7-17(8-6-16)26-9-11-31-12-10-26/h2-8,13,18,27H,9-12,14H2,1H3,(H,24,28)(H,25,29)/t18-/m0/s1. The van der Waals surface area contributed by atoms with Crippen molar-refractivity contribution >= 4 is 34.2 Å². The Labute approximate surface area is 184 Å². The van der Waals surface area contributed by atoms with Gasteiger partial charge in [-0.05, 0) is 36.4 Å². The van der Waals surface area contributed by atoms with E-state index in [0.717, 1.165) is 18.8 Å². The molecule has 4 rings (SSSR count). The lowest BCUT2D eigenvalue weighted by Gasteiger charge is -2.29. The summed E-state index contributed by atoms with van der Waals surface area (Å²) < 4.78 is 16.2. The van der Waals surface area contributed by atoms with E-state index in [-0.39, 0.29) is 5.76 Å². The molecule has 32 heavy (non-hydrogen) atoms. The molecule has 0 aliphatic carbocycles. The molecule has 0 bridgehead atoms. The van der Waals surface area contributed by atoms with E-state index in [1.54, 1.807) is 36.4 Å². The predicted octanol–water partition coefficient (Wildman–Crippen LogP) is 2.01. The van der Waals surface area contributed by atoms with Gasteiger partial charge >= 0.3 is 0 Å². The maximum absolute atomic E-state index is 12.6. The van der Waals surface area contributed by atoms with E-state index in [0.29, 0.717) is 35.6 Å². The summed E-state index contributed by atoms with van der Waals surface area (Å²) in [5.41, 5.74) is 2.04. The summed E-state index contributed by atoms with van der Waals surface area (Å²) in [6, 6.07) is 13.1. The van der Waals surface area contributed by atoms with Gasteiger partial charge in [-0.15, -0.1) is 0 Å². The van der Waals surface area contributed by atoms with Crippen LogP contribution in [-0.2, 0) is 9.53 Å². The van der Waals surface area contributed by atoms with Gasteiger partial charge in [-0.25, -0.2) is 0 Å². The monoisotopic (exact) mass is 439 g/mol. The fourth-order valence-corrected chi connectivity index (χ4v) is 3.54. The zero-order valence-corrected chi connectivity index (χ0v) is 17.7. The van der Waals surface area contributed by atoms with Crippen molar-refractivity contribution < 1.29 is 28.6 Å². The maximum Gasteiger partial charge on any atom is 0.287 e. The highest BCUT2D eigenvalue weighted by atomic mass is 16.5. The van der Waals surface area contributed by atoms with Gasteiger partial charge in [0.15, 0.2) is 17.1 Å². The molecule has 0 spiro atoms. The molecule has 0 saturated carbocycles. The lowest BCUT2D eigenvalue weighted by atomic mass is 10.2. The van der Waals surface area contributed by atoms with Crippen molar-refractivity contribution in [3.8, 4) is 5.75 Å². The van der Waals surface area contributed by atoms with Gasteiger partial charge in [0.2, 0.25) is 5.91 Å². The second-order valence-corrected chi connectivity index (χ2v) is 7.33. The quantitative estimate of drug-likeness (QED) is 0.516. The molecule has 1 saturated heterocycles. The summed E-state index contributed by atoms with van der Waals surface area (Å²) in [7, 11) is 1.51. The highest BCUT2D eigenvalue weighted by molar-refractivity contribution is 6.02. The molecule has 0 unspecified atom stereocenters. The van der Waals surface area contributed by atoms with Crippen LogP contribution in [0.4, 0.5) is 11.4 Å². The van der Waals surface area contributed by atoms with E-state index in [1.165, 1.54) is 7.11 Å². The Kier molecular flexibility index (Phi) is 6.58. The molecule has 1 aromatic heterocycles. The molecule has 2 aromatic carbocycles. The lowest BCUT2D eigenvalue weighted by molar-refractivity contribution is -0.118. The Balaban J connectivity index is 1.40. The molecule has 1 aliphatic rings. The van der Waals surface area contributed by atoms with E-state index in [1.807, 2.05) is 12.1 Å². The number of nitrogens with zero attached hydrogens (tertiary/aromatic N) is 1. The van der Waals surface area contributed by atoms with Gasteiger partial charge in [-0.1, -0.05) is 12.1 Å². The highest BCUT2D eigenvalue weighted by Crippen LogP contribution is 2.28. The van der Waals surface area contributed by atoms with E-state index in [9.17, 15) is 14.7 Å². The maximum atomic E-state index is 12.6. The zero-order chi connectivity index (χ0) is 22.5. The van der Waals surface area contributed by atoms with Crippen LogP contribution in [0.25, 0.3) is 11.0 Å². The number of nitrogens with one attached hydrogen (secondary N) is 2. The number of anilines is 2. The normalized spacial score (nSPS) is 14.8. The minimum absolute atomic E-state index is 0.0191. The van der Waals surface area contributed by atoms with E-state index < -0.39 is 24.5 Å². The Morgan fingerprint density at radius 2 is 1.91 bits per heavy atom. The number of fused-ring (bicyclic) bond motifs is 1. The molecule has 1 aliphatic heterocycles. The highest BCUT2D eigenvalue weighted by Gasteiger charge is 2.23. The van der Waals surface area contributed by atoms with Crippen LogP contribution in [0.15, 0.2) is 52.9 Å². The Bertz CT molecular complexity index is 1090. The number of rotatable bonds is 7. The predicted molar refractivity (Wildman–Crippen MR) is 119 cm³/mol. The van der Waals surface area contributed by atoms with Crippen LogP contribution in [0.3, 0.4) is 0 Å². The minimum Gasteiger partial charge on any atom is -0.493 e. The van der Waals surface area contributed by atoms with Crippen molar-refractivity contribution in [3.63, 3.8) is 0 Å². The molecule has 3 aromatic rings. The average molecular weight is 439 g/mol. The molecule has 9 nitrogen and oxygen atoms in total. The first-order valence-corrected chi connectivity index (χ1v) is 10.3. The molecule has 3 N–H and O–H groups in total. The molecular weight excluding hydrogens is 414 g/mol. The van der Waals surface area contributed by atoms with Gasteiger partial charge in [0.1, 0.15) is 6.04 Å². The fourth-order valence-electron chi connectivity index (χ4n) is 3.54. The zero-order valence-electron chi connectivity index (χ0n) is 17.7. The molecule has 2 amide bonds. The Morgan fingerprint density at radius 1 is 1.16 bits per heavy atom. The summed E-state index contributed by atoms with van der Waals surface area (Å²) in [4.78, 5) is 27.4. The van der Waals surface area contributed by atoms with Crippen molar-refractivity contribution in [1.29, 1.82) is 0 Å². The second kappa shape index (κ2) is 9.71. The number of ether oxygens (including phenoxy) is 2. The third kappa shape index (κ3) is 4.68. The summed E-state index contributed by atoms with van der Waals surface area (Å²) in [5, 5.41) is 15.6. The average Bonchev–Trinajstić information content (AvgIpc) is 3.28. The molecular formula is C23H25N3O6. The van der Waals surface area contributed by atoms with Crippen LogP contribution in [0, 0.1) is 0 Å². The first-order chi connectivity index (χ1) is 15.6. The number of methoxy groups -OCH3 is 1. The first kappa shape index (κ1) is 21.7. The van der Waals surface area contributed by atoms with Crippen molar-refractivity contribution in [2.75, 3.05) is 50.2 Å².